The predicted molar refractivity (Wildman–Crippen MR) is 528 cm³/mol. The lowest BCUT2D eigenvalue weighted by molar-refractivity contribution is -0.135. The summed E-state index contributed by atoms with van der Waals surface area (Å²) < 4.78 is 61.5. The first-order chi connectivity index (χ1) is 69.6. The van der Waals surface area contributed by atoms with Crippen molar-refractivity contribution in [2.24, 2.45) is 23.2 Å². The number of benzene rings is 6. The van der Waals surface area contributed by atoms with Crippen LogP contribution in [0.5, 0.6) is 0 Å². The van der Waals surface area contributed by atoms with Crippen LogP contribution >= 0.6 is 11.3 Å². The van der Waals surface area contributed by atoms with Gasteiger partial charge < -0.3 is 94.0 Å². The van der Waals surface area contributed by atoms with Crippen molar-refractivity contribution in [3.63, 3.8) is 0 Å². The van der Waals surface area contributed by atoms with Crippen molar-refractivity contribution in [1.29, 1.82) is 0 Å². The number of hydrazine groups is 3. The first-order valence-electron chi connectivity index (χ1n) is 48.3. The summed E-state index contributed by atoms with van der Waals surface area (Å²) in [5.74, 6) is -1.35. The lowest BCUT2D eigenvalue weighted by atomic mass is 9.86. The molecule has 11 N–H and O–H groups in total. The Hall–Kier alpha value is -13.3. The summed E-state index contributed by atoms with van der Waals surface area (Å²) >= 11 is 1.41. The fourth-order valence-corrected chi connectivity index (χ4v) is 18.7. The average molecular weight is 1990 g/mol. The molecule has 0 saturated carbocycles. The molecule has 4 aromatic heterocycles. The molecule has 38 heteroatoms. The molecule has 7 saturated heterocycles. The SMILES string of the molecule is CC(=O)NC(C(=O)NN(Cc1ccc(-c2ccccn2)cc1)CC(O)C(Cc1ccccc1)NC(=O)OC1COC2OCCC12)C(C)(C)C.CC1(C)OC(=O)NC1C(=O)NN(Cc1ccc(-c2ccccn2)cc1)CC(O)C(Cc1ccccc1)NC(=O)OC1COC2OCCC12.O=C(NN(Cc1ccc(-c2ccccn2)cc1)CC(O)C(Cc1ccccc1)NC(=O)OC1COC2OCCC12)OCc1cscn1. The Balaban J connectivity index is 0.000000163. The van der Waals surface area contributed by atoms with Crippen LogP contribution in [0, 0.1) is 23.2 Å². The monoisotopic (exact) mass is 1990 g/mol. The molecule has 11 heterocycles. The van der Waals surface area contributed by atoms with E-state index in [-0.39, 0.29) is 108 Å². The van der Waals surface area contributed by atoms with Crippen molar-refractivity contribution in [3.8, 4) is 33.8 Å². The Kier molecular flexibility index (Phi) is 37.0. The molecule has 0 radical (unpaired) electrons. The number of carbonyl (C=O) groups excluding carboxylic acids is 8. The van der Waals surface area contributed by atoms with Crippen LogP contribution in [-0.4, -0.2) is 249 Å². The first kappa shape index (κ1) is 105. The molecule has 37 nitrogen and oxygen atoms in total. The van der Waals surface area contributed by atoms with Gasteiger partial charge in [0.05, 0.1) is 122 Å². The van der Waals surface area contributed by atoms with Crippen LogP contribution < -0.4 is 42.9 Å². The number of nitrogens with one attached hydrogen (secondary N) is 8. The van der Waals surface area contributed by atoms with Gasteiger partial charge in [-0.3, -0.25) is 45.6 Å². The molecule has 0 aliphatic carbocycles. The van der Waals surface area contributed by atoms with Crippen LogP contribution in [0.25, 0.3) is 33.8 Å². The number of ether oxygens (including phenoxy) is 11. The summed E-state index contributed by atoms with van der Waals surface area (Å²) in [6.45, 7) is 13.2. The topological polar surface area (TPSA) is 456 Å². The van der Waals surface area contributed by atoms with Crippen molar-refractivity contribution in [3.05, 3.63) is 287 Å². The van der Waals surface area contributed by atoms with Crippen LogP contribution in [0.1, 0.15) is 99.9 Å². The minimum Gasteiger partial charge on any atom is -0.443 e. The van der Waals surface area contributed by atoms with Crippen molar-refractivity contribution in [2.75, 3.05) is 59.3 Å². The number of nitrogens with zero attached hydrogens (tertiary/aromatic N) is 7. The highest BCUT2D eigenvalue weighted by Crippen LogP contribution is 2.37. The molecule has 6 aromatic carbocycles. The first-order valence-corrected chi connectivity index (χ1v) is 49.3. The minimum absolute atomic E-state index is 0.00625. The highest BCUT2D eigenvalue weighted by atomic mass is 32.1. The van der Waals surface area contributed by atoms with Crippen molar-refractivity contribution in [1.82, 2.24) is 77.8 Å². The van der Waals surface area contributed by atoms with E-state index in [0.29, 0.717) is 44.8 Å². The average Bonchev–Trinajstić information content (AvgIpc) is 1.67. The zero-order valence-corrected chi connectivity index (χ0v) is 81.9. The van der Waals surface area contributed by atoms with Crippen LogP contribution in [0.4, 0.5) is 24.0 Å². The number of aliphatic hydroxyl groups is 3. The van der Waals surface area contributed by atoms with Gasteiger partial charge in [0.1, 0.15) is 36.6 Å². The summed E-state index contributed by atoms with van der Waals surface area (Å²) in [6, 6.07) is 64.8. The summed E-state index contributed by atoms with van der Waals surface area (Å²) in [5.41, 5.74) is 19.8. The molecular weight excluding hydrogens is 1870 g/mol. The number of aromatic nitrogens is 4. The summed E-state index contributed by atoms with van der Waals surface area (Å²) in [4.78, 5) is 121. The number of aliphatic hydroxyl groups excluding tert-OH is 3. The second-order valence-corrected chi connectivity index (χ2v) is 38.7. The van der Waals surface area contributed by atoms with Crippen LogP contribution in [-0.2, 0) is 112 Å². The highest BCUT2D eigenvalue weighted by Gasteiger charge is 2.49. The quantitative estimate of drug-likeness (QED) is 0.0126. The molecule has 7 aliphatic rings. The molecule has 8 amide bonds. The molecule has 144 heavy (non-hydrogen) atoms. The Morgan fingerprint density at radius 1 is 0.451 bits per heavy atom. The zero-order chi connectivity index (χ0) is 101. The van der Waals surface area contributed by atoms with Gasteiger partial charge in [0.15, 0.2) is 24.9 Å². The summed E-state index contributed by atoms with van der Waals surface area (Å²) in [7, 11) is 0. The summed E-state index contributed by atoms with van der Waals surface area (Å²) in [6.07, 6.45) is -0.859. The van der Waals surface area contributed by atoms with E-state index in [2.05, 4.69) is 62.8 Å². The van der Waals surface area contributed by atoms with Gasteiger partial charge in [-0.05, 0) is 128 Å². The third-order valence-electron chi connectivity index (χ3n) is 25.7. The fraction of sp³-hybridized carbons (Fsp3) is 0.415. The second kappa shape index (κ2) is 50.8. The van der Waals surface area contributed by atoms with Crippen molar-refractivity contribution >= 4 is 59.5 Å². The Morgan fingerprint density at radius 3 is 1.14 bits per heavy atom. The highest BCUT2D eigenvalue weighted by molar-refractivity contribution is 7.07. The lowest BCUT2D eigenvalue weighted by Crippen LogP contribution is -2.59. The molecule has 17 atom stereocenters. The van der Waals surface area contributed by atoms with E-state index in [1.165, 1.54) is 18.3 Å². The number of cyclic esters (lactones) is 1. The van der Waals surface area contributed by atoms with Crippen molar-refractivity contribution < 1.29 is 106 Å². The number of fused-ring (bicyclic) bond motifs is 3. The van der Waals surface area contributed by atoms with Gasteiger partial charge >= 0.3 is 30.5 Å². The number of rotatable bonds is 38. The maximum atomic E-state index is 13.7. The molecule has 762 valence electrons. The molecule has 7 fully saturated rings. The van der Waals surface area contributed by atoms with E-state index in [9.17, 15) is 53.7 Å². The van der Waals surface area contributed by atoms with Gasteiger partial charge in [-0.1, -0.05) is 203 Å². The standard InChI is InChI=1S/C37H47N5O7.C35H41N5O8.C34H37N5O7S/c1-24(43)39-33(37(2,3)4)34(45)41-42(21-26-13-15-27(16-14-26)29-12-8-9-18-38-29)22-31(44)30(20-25-10-6-5-7-11-25)40-36(46)49-32-23-48-35-28(32)17-19-47-35;1-35(2)30(38-34(44)48-35)31(42)39-40(19-23-11-13-24(14-12-23)26-10-6-7-16-36-26)20-28(41)27(18-22-8-4-3-5-9-22)37-33(43)47-29-21-46-32-25(29)15-17-45-32;40-30(29(16-23-6-2-1-3-7-23)37-33(41)46-31-20-44-32-27(31)13-15-43-32)18-39(38-34(42)45-19-26-21-47-22-36-26)17-24-9-11-25(12-10-24)28-8-4-5-14-35-28/h5-16,18,28,30-33,35,44H,17,19-23H2,1-4H3,(H,39,43)(H,40,46)(H,41,45);3-14,16,25,27-30,32,41H,15,17-21H2,1-2H3,(H,37,43)(H,38,44)(H,39,42);1-12,14,21-22,27,29-32,40H,13,15-20H2,(H,37,41)(H,38,42). The third-order valence-corrected chi connectivity index (χ3v) is 26.3. The Labute approximate surface area is 839 Å². The molecule has 17 rings (SSSR count). The fourth-order valence-electron chi connectivity index (χ4n) is 18.1. The van der Waals surface area contributed by atoms with Crippen LogP contribution in [0.15, 0.2) is 248 Å². The van der Waals surface area contributed by atoms with E-state index >= 15 is 0 Å². The Bertz CT molecular complexity index is 5770. The van der Waals surface area contributed by atoms with Gasteiger partial charge in [0.2, 0.25) is 5.91 Å². The summed E-state index contributed by atoms with van der Waals surface area (Å²) in [5, 5.41) is 55.5. The molecule has 17 unspecified atom stereocenters. The molecular formula is C106H125N15O22S. The zero-order valence-electron chi connectivity index (χ0n) is 81.1. The second-order valence-electron chi connectivity index (χ2n) is 38.0. The van der Waals surface area contributed by atoms with E-state index in [4.69, 9.17) is 52.1 Å². The van der Waals surface area contributed by atoms with Crippen LogP contribution in [0.2, 0.25) is 0 Å². The minimum atomic E-state index is -1.16. The van der Waals surface area contributed by atoms with E-state index < -0.39 is 120 Å². The maximum Gasteiger partial charge on any atom is 0.422 e. The van der Waals surface area contributed by atoms with Gasteiger partial charge in [-0.25, -0.2) is 44.0 Å². The smallest absolute Gasteiger partial charge is 0.422 e. The van der Waals surface area contributed by atoms with Gasteiger partial charge in [-0.15, -0.1) is 11.3 Å². The number of thiazole rings is 1. The number of hydrogen-bond acceptors (Lipinski definition) is 30. The molecule has 0 spiro atoms. The van der Waals surface area contributed by atoms with Gasteiger partial charge in [0, 0.05) is 86.9 Å². The molecule has 7 aliphatic heterocycles. The number of pyridine rings is 3. The lowest BCUT2D eigenvalue weighted by Gasteiger charge is -2.34. The van der Waals surface area contributed by atoms with E-state index in [0.717, 1.165) is 86.4 Å². The number of amides is 8. The van der Waals surface area contributed by atoms with Crippen molar-refractivity contribution in [2.45, 2.75) is 198 Å². The molecule has 10 aromatic rings. The largest absolute Gasteiger partial charge is 0.443 e. The normalized spacial score (nSPS) is 21.5. The van der Waals surface area contributed by atoms with E-state index in [1.807, 2.05) is 239 Å². The molecule has 0 bridgehead atoms. The number of hydrogen-bond donors (Lipinski definition) is 11. The number of alkyl carbamates (subject to hydrolysis) is 4. The van der Waals surface area contributed by atoms with E-state index in [1.54, 1.807) is 58.4 Å². The maximum absolute atomic E-state index is 13.7. The van der Waals surface area contributed by atoms with Crippen LogP contribution in [0.3, 0.4) is 0 Å². The van der Waals surface area contributed by atoms with Gasteiger partial charge in [0.25, 0.3) is 11.8 Å². The third kappa shape index (κ3) is 30.4. The van der Waals surface area contributed by atoms with Gasteiger partial charge in [-0.2, -0.15) is 0 Å². The predicted octanol–water partition coefficient (Wildman–Crippen LogP) is 10.8. The number of carbonyl (C=O) groups is 8. The Morgan fingerprint density at radius 2 is 0.812 bits per heavy atom.